The number of hydrogen-bond acceptors (Lipinski definition) is 5. The fourth-order valence-electron chi connectivity index (χ4n) is 1.40. The molecule has 0 saturated carbocycles. The second-order valence-corrected chi connectivity index (χ2v) is 3.36. The van der Waals surface area contributed by atoms with Crippen molar-refractivity contribution in [3.05, 3.63) is 42.2 Å². The Balaban J connectivity index is 2.19. The van der Waals surface area contributed by atoms with E-state index in [1.807, 2.05) is 12.1 Å². The van der Waals surface area contributed by atoms with Crippen LogP contribution < -0.4 is 9.47 Å². The predicted molar refractivity (Wildman–Crippen MR) is 63.1 cm³/mol. The van der Waals surface area contributed by atoms with E-state index in [4.69, 9.17) is 13.9 Å². The summed E-state index contributed by atoms with van der Waals surface area (Å²) in [6.45, 7) is 0. The Morgan fingerprint density at radius 1 is 1.06 bits per heavy atom. The molecule has 0 radical (unpaired) electrons. The van der Waals surface area contributed by atoms with Crippen LogP contribution in [0.3, 0.4) is 0 Å². The summed E-state index contributed by atoms with van der Waals surface area (Å²) in [5.74, 6) is 0.812. The first-order valence-corrected chi connectivity index (χ1v) is 5.23. The van der Waals surface area contributed by atoms with Gasteiger partial charge in [0.05, 0.1) is 14.2 Å². The van der Waals surface area contributed by atoms with Gasteiger partial charge in [-0.25, -0.2) is 4.79 Å². The zero-order valence-corrected chi connectivity index (χ0v) is 10.0. The molecule has 1 heterocycles. The number of furan rings is 1. The maximum atomic E-state index is 11.2. The van der Waals surface area contributed by atoms with E-state index >= 15 is 0 Å². The fraction of sp³-hybridized carbons (Fsp3) is 0.154. The highest BCUT2D eigenvalue weighted by molar-refractivity contribution is 5.86. The van der Waals surface area contributed by atoms with E-state index in [-0.39, 0.29) is 11.7 Å². The molecule has 0 aliphatic carbocycles. The molecule has 0 atom stereocenters. The fourth-order valence-corrected chi connectivity index (χ4v) is 1.40. The van der Waals surface area contributed by atoms with Gasteiger partial charge in [0.2, 0.25) is 5.76 Å². The highest BCUT2D eigenvalue weighted by Crippen LogP contribution is 2.31. The molecule has 0 saturated heterocycles. The predicted octanol–water partition coefficient (Wildman–Crippen LogP) is 2.87. The summed E-state index contributed by atoms with van der Waals surface area (Å²) in [7, 11) is 2.83. The van der Waals surface area contributed by atoms with Crippen LogP contribution in [-0.2, 0) is 4.74 Å². The highest BCUT2D eigenvalue weighted by atomic mass is 16.6. The van der Waals surface area contributed by atoms with Crippen LogP contribution in [0.5, 0.6) is 17.4 Å². The van der Waals surface area contributed by atoms with E-state index < -0.39 is 5.97 Å². The molecule has 1 aromatic carbocycles. The normalized spacial score (nSPS) is 9.89. The summed E-state index contributed by atoms with van der Waals surface area (Å²) >= 11 is 0. The number of carbonyl (C=O) groups excluding carboxylic acids is 1. The van der Waals surface area contributed by atoms with Gasteiger partial charge in [0.25, 0.3) is 5.95 Å². The largest absolute Gasteiger partial charge is 0.493 e. The quantitative estimate of drug-likeness (QED) is 0.778. The summed E-state index contributed by atoms with van der Waals surface area (Å²) < 4.78 is 20.3. The lowest BCUT2D eigenvalue weighted by Crippen LogP contribution is -1.98. The number of para-hydroxylation sites is 2. The lowest BCUT2D eigenvalue weighted by Gasteiger charge is -2.06. The lowest BCUT2D eigenvalue weighted by molar-refractivity contribution is 0.0560. The van der Waals surface area contributed by atoms with Crippen LogP contribution in [0, 0.1) is 0 Å². The van der Waals surface area contributed by atoms with Crippen LogP contribution in [-0.4, -0.2) is 20.2 Å². The minimum Gasteiger partial charge on any atom is -0.493 e. The van der Waals surface area contributed by atoms with Gasteiger partial charge in [-0.15, -0.1) is 0 Å². The van der Waals surface area contributed by atoms with Crippen LogP contribution in [0.15, 0.2) is 40.8 Å². The molecule has 18 heavy (non-hydrogen) atoms. The zero-order chi connectivity index (χ0) is 13.0. The molecule has 0 spiro atoms. The Kier molecular flexibility index (Phi) is 3.52. The molecule has 0 aliphatic heterocycles. The van der Waals surface area contributed by atoms with E-state index in [0.717, 1.165) is 0 Å². The van der Waals surface area contributed by atoms with Crippen molar-refractivity contribution in [1.29, 1.82) is 0 Å². The molecule has 0 bridgehead atoms. The van der Waals surface area contributed by atoms with Gasteiger partial charge in [-0.05, 0) is 18.2 Å². The van der Waals surface area contributed by atoms with Crippen molar-refractivity contribution < 1.29 is 23.4 Å². The minimum atomic E-state index is -0.551. The third kappa shape index (κ3) is 2.45. The molecule has 0 N–H and O–H groups in total. The number of rotatable bonds is 4. The monoisotopic (exact) mass is 248 g/mol. The van der Waals surface area contributed by atoms with Crippen molar-refractivity contribution in [3.63, 3.8) is 0 Å². The van der Waals surface area contributed by atoms with Gasteiger partial charge < -0.3 is 18.6 Å². The van der Waals surface area contributed by atoms with Gasteiger partial charge in [0.1, 0.15) is 0 Å². The molecular formula is C13H12O5. The van der Waals surface area contributed by atoms with Crippen LogP contribution >= 0.6 is 0 Å². The number of hydrogen-bond donors (Lipinski definition) is 0. The molecule has 0 amide bonds. The number of carbonyl (C=O) groups is 1. The van der Waals surface area contributed by atoms with Gasteiger partial charge in [-0.3, -0.25) is 0 Å². The Bertz CT molecular complexity index is 544. The standard InChI is InChI=1S/C13H12O5/c1-15-9-5-3-4-6-10(9)17-12-8-7-11(18-12)13(14)16-2/h3-8H,1-2H3. The van der Waals surface area contributed by atoms with Gasteiger partial charge in [-0.1, -0.05) is 12.1 Å². The van der Waals surface area contributed by atoms with Gasteiger partial charge >= 0.3 is 5.97 Å². The number of esters is 1. The first-order valence-electron chi connectivity index (χ1n) is 5.23. The van der Waals surface area contributed by atoms with Crippen molar-refractivity contribution in [2.75, 3.05) is 14.2 Å². The average Bonchev–Trinajstić information content (AvgIpc) is 2.87. The van der Waals surface area contributed by atoms with Crippen molar-refractivity contribution >= 4 is 5.97 Å². The molecule has 94 valence electrons. The first-order chi connectivity index (χ1) is 8.74. The second-order valence-electron chi connectivity index (χ2n) is 3.36. The maximum Gasteiger partial charge on any atom is 0.374 e. The summed E-state index contributed by atoms with van der Waals surface area (Å²) in [5, 5.41) is 0. The van der Waals surface area contributed by atoms with Crippen LogP contribution in [0.2, 0.25) is 0 Å². The maximum absolute atomic E-state index is 11.2. The van der Waals surface area contributed by atoms with Crippen molar-refractivity contribution in [3.8, 4) is 17.4 Å². The Hall–Kier alpha value is -2.43. The molecule has 2 rings (SSSR count). The van der Waals surface area contributed by atoms with Crippen molar-refractivity contribution in [2.24, 2.45) is 0 Å². The van der Waals surface area contributed by atoms with E-state index in [0.29, 0.717) is 11.5 Å². The SMILES string of the molecule is COC(=O)c1ccc(Oc2ccccc2OC)o1. The van der Waals surface area contributed by atoms with Crippen LogP contribution in [0.25, 0.3) is 0 Å². The smallest absolute Gasteiger partial charge is 0.374 e. The highest BCUT2D eigenvalue weighted by Gasteiger charge is 2.13. The summed E-state index contributed by atoms with van der Waals surface area (Å²) in [4.78, 5) is 11.2. The molecule has 5 heteroatoms. The number of benzene rings is 1. The van der Waals surface area contributed by atoms with E-state index in [1.165, 1.54) is 13.2 Å². The van der Waals surface area contributed by atoms with E-state index in [1.54, 1.807) is 25.3 Å². The molecule has 0 unspecified atom stereocenters. The first kappa shape index (κ1) is 12.0. The van der Waals surface area contributed by atoms with E-state index in [9.17, 15) is 4.79 Å². The Labute approximate surface area is 104 Å². The summed E-state index contributed by atoms with van der Waals surface area (Å²) in [5.41, 5.74) is 0. The third-order valence-electron chi connectivity index (χ3n) is 2.25. The lowest BCUT2D eigenvalue weighted by atomic mass is 10.3. The third-order valence-corrected chi connectivity index (χ3v) is 2.25. The molecule has 1 aromatic heterocycles. The van der Waals surface area contributed by atoms with Crippen LogP contribution in [0.4, 0.5) is 0 Å². The van der Waals surface area contributed by atoms with Gasteiger partial charge in [-0.2, -0.15) is 0 Å². The number of ether oxygens (including phenoxy) is 3. The minimum absolute atomic E-state index is 0.0856. The van der Waals surface area contributed by atoms with Crippen molar-refractivity contribution in [1.82, 2.24) is 0 Å². The van der Waals surface area contributed by atoms with Crippen molar-refractivity contribution in [2.45, 2.75) is 0 Å². The molecule has 5 nitrogen and oxygen atoms in total. The molecule has 0 aliphatic rings. The number of methoxy groups -OCH3 is 2. The zero-order valence-electron chi connectivity index (χ0n) is 10.0. The summed E-state index contributed by atoms with van der Waals surface area (Å²) in [6.07, 6.45) is 0. The Morgan fingerprint density at radius 3 is 2.44 bits per heavy atom. The van der Waals surface area contributed by atoms with Gasteiger partial charge in [0.15, 0.2) is 11.5 Å². The molecular weight excluding hydrogens is 236 g/mol. The molecule has 0 fully saturated rings. The topological polar surface area (TPSA) is 57.9 Å². The van der Waals surface area contributed by atoms with Gasteiger partial charge in [0, 0.05) is 6.07 Å². The average molecular weight is 248 g/mol. The van der Waals surface area contributed by atoms with E-state index in [2.05, 4.69) is 4.74 Å². The second kappa shape index (κ2) is 5.27. The Morgan fingerprint density at radius 2 is 1.78 bits per heavy atom. The van der Waals surface area contributed by atoms with Crippen LogP contribution in [0.1, 0.15) is 10.6 Å². The molecule has 2 aromatic rings. The summed E-state index contributed by atoms with van der Waals surface area (Å²) in [6, 6.07) is 10.2.